The van der Waals surface area contributed by atoms with Crippen LogP contribution in [0.4, 0.5) is 11.4 Å². The van der Waals surface area contributed by atoms with Crippen molar-refractivity contribution < 1.29 is 19.1 Å². The van der Waals surface area contributed by atoms with E-state index in [9.17, 15) is 14.4 Å². The summed E-state index contributed by atoms with van der Waals surface area (Å²) in [4.78, 5) is 41.0. The minimum atomic E-state index is -1.04. The van der Waals surface area contributed by atoms with Crippen molar-refractivity contribution >= 4 is 34.9 Å². The highest BCUT2D eigenvalue weighted by atomic mass is 16.5. The van der Waals surface area contributed by atoms with Crippen LogP contribution in [0.1, 0.15) is 24.3 Å². The number of nitrogens with zero attached hydrogens (tertiary/aromatic N) is 3. The summed E-state index contributed by atoms with van der Waals surface area (Å²) < 4.78 is 4.89. The fraction of sp³-hybridized carbons (Fsp3) is 0.211. The summed E-state index contributed by atoms with van der Waals surface area (Å²) >= 11 is 0. The Balaban J connectivity index is 1.75. The third-order valence-corrected chi connectivity index (χ3v) is 3.91. The number of aromatic nitrogens is 1. The molecular formula is C19H18N4O4. The van der Waals surface area contributed by atoms with E-state index < -0.39 is 23.7 Å². The van der Waals surface area contributed by atoms with Crippen LogP contribution in [0.2, 0.25) is 0 Å². The van der Waals surface area contributed by atoms with Gasteiger partial charge >= 0.3 is 5.97 Å². The standard InChI is InChI=1S/C19H18N4O4/c1-3-27-19(26)15-11-13(9-10-20-15)21-17(24)16-12(2)22-23(18(16)25)14-7-5-4-6-8-14/h4-11,16H,3H2,1-2H3,(H,20,21,24). The predicted molar refractivity (Wildman–Crippen MR) is 99.4 cm³/mol. The second-order valence-corrected chi connectivity index (χ2v) is 5.80. The van der Waals surface area contributed by atoms with Gasteiger partial charge in [0, 0.05) is 11.9 Å². The first-order valence-electron chi connectivity index (χ1n) is 8.39. The summed E-state index contributed by atoms with van der Waals surface area (Å²) in [6, 6.07) is 11.8. The zero-order chi connectivity index (χ0) is 19.4. The monoisotopic (exact) mass is 366 g/mol. The third-order valence-electron chi connectivity index (χ3n) is 3.91. The van der Waals surface area contributed by atoms with Crippen LogP contribution in [0, 0.1) is 5.92 Å². The quantitative estimate of drug-likeness (QED) is 0.646. The van der Waals surface area contributed by atoms with E-state index >= 15 is 0 Å². The predicted octanol–water partition coefficient (Wildman–Crippen LogP) is 2.24. The molecule has 1 aromatic heterocycles. The van der Waals surface area contributed by atoms with Gasteiger partial charge in [0.05, 0.1) is 18.0 Å². The highest BCUT2D eigenvalue weighted by Gasteiger charge is 2.39. The largest absolute Gasteiger partial charge is 0.461 e. The highest BCUT2D eigenvalue weighted by molar-refractivity contribution is 6.28. The molecule has 2 heterocycles. The van der Waals surface area contributed by atoms with Crippen LogP contribution in [0.3, 0.4) is 0 Å². The van der Waals surface area contributed by atoms with Crippen molar-refractivity contribution in [2.45, 2.75) is 13.8 Å². The van der Waals surface area contributed by atoms with Gasteiger partial charge in [-0.1, -0.05) is 18.2 Å². The van der Waals surface area contributed by atoms with Gasteiger partial charge in [-0.3, -0.25) is 9.59 Å². The van der Waals surface area contributed by atoms with E-state index in [2.05, 4.69) is 15.4 Å². The van der Waals surface area contributed by atoms with Crippen LogP contribution in [-0.4, -0.2) is 35.1 Å². The Morgan fingerprint density at radius 2 is 1.96 bits per heavy atom. The number of benzene rings is 1. The molecular weight excluding hydrogens is 348 g/mol. The molecule has 1 atom stereocenters. The number of para-hydroxylation sites is 1. The highest BCUT2D eigenvalue weighted by Crippen LogP contribution is 2.24. The number of amides is 2. The molecule has 0 saturated heterocycles. The SMILES string of the molecule is CCOC(=O)c1cc(NC(=O)C2C(=O)N(c3ccccc3)N=C2C)ccn1. The van der Waals surface area contributed by atoms with Gasteiger partial charge in [0.15, 0.2) is 5.92 Å². The first kappa shape index (κ1) is 18.2. The molecule has 0 saturated carbocycles. The molecule has 0 aliphatic carbocycles. The maximum absolute atomic E-state index is 12.7. The van der Waals surface area contributed by atoms with Crippen molar-refractivity contribution in [3.63, 3.8) is 0 Å². The summed E-state index contributed by atoms with van der Waals surface area (Å²) in [5.74, 6) is -2.58. The first-order valence-corrected chi connectivity index (χ1v) is 8.39. The molecule has 8 heteroatoms. The number of nitrogens with one attached hydrogen (secondary N) is 1. The molecule has 1 aromatic carbocycles. The first-order chi connectivity index (χ1) is 13.0. The van der Waals surface area contributed by atoms with E-state index in [1.54, 1.807) is 38.1 Å². The number of anilines is 2. The number of pyridine rings is 1. The zero-order valence-corrected chi connectivity index (χ0v) is 14.9. The van der Waals surface area contributed by atoms with Crippen LogP contribution < -0.4 is 10.3 Å². The molecule has 1 unspecified atom stereocenters. The molecule has 138 valence electrons. The number of ether oxygens (including phenoxy) is 1. The Bertz CT molecular complexity index is 911. The average Bonchev–Trinajstić information content (AvgIpc) is 2.97. The Morgan fingerprint density at radius 1 is 1.22 bits per heavy atom. The van der Waals surface area contributed by atoms with Crippen molar-refractivity contribution in [2.75, 3.05) is 16.9 Å². The van der Waals surface area contributed by atoms with Gasteiger partial charge in [0.25, 0.3) is 5.91 Å². The number of esters is 1. The van der Waals surface area contributed by atoms with Crippen molar-refractivity contribution in [2.24, 2.45) is 11.0 Å². The lowest BCUT2D eigenvalue weighted by molar-refractivity contribution is -0.127. The lowest BCUT2D eigenvalue weighted by atomic mass is 10.0. The molecule has 2 aromatic rings. The van der Waals surface area contributed by atoms with E-state index in [0.29, 0.717) is 17.1 Å². The van der Waals surface area contributed by atoms with Crippen molar-refractivity contribution in [1.82, 2.24) is 4.98 Å². The van der Waals surface area contributed by atoms with Gasteiger partial charge in [-0.25, -0.2) is 9.78 Å². The average molecular weight is 366 g/mol. The van der Waals surface area contributed by atoms with Gasteiger partial charge in [-0.05, 0) is 38.1 Å². The summed E-state index contributed by atoms with van der Waals surface area (Å²) in [7, 11) is 0. The molecule has 0 fully saturated rings. The van der Waals surface area contributed by atoms with E-state index in [1.165, 1.54) is 23.3 Å². The fourth-order valence-electron chi connectivity index (χ4n) is 2.66. The Hall–Kier alpha value is -3.55. The van der Waals surface area contributed by atoms with Crippen LogP contribution in [0.25, 0.3) is 0 Å². The smallest absolute Gasteiger partial charge is 0.356 e. The van der Waals surface area contributed by atoms with Gasteiger partial charge in [-0.15, -0.1) is 0 Å². The number of carbonyl (C=O) groups excluding carboxylic acids is 3. The minimum Gasteiger partial charge on any atom is -0.461 e. The second-order valence-electron chi connectivity index (χ2n) is 5.80. The Kier molecular flexibility index (Phi) is 5.25. The molecule has 1 aliphatic heterocycles. The van der Waals surface area contributed by atoms with Gasteiger partial charge in [-0.2, -0.15) is 10.1 Å². The van der Waals surface area contributed by atoms with Crippen LogP contribution >= 0.6 is 0 Å². The summed E-state index contributed by atoms with van der Waals surface area (Å²) in [5, 5.41) is 8.06. The molecule has 0 bridgehead atoms. The van der Waals surface area contributed by atoms with Crippen LogP contribution in [-0.2, 0) is 14.3 Å². The molecule has 0 spiro atoms. The zero-order valence-electron chi connectivity index (χ0n) is 14.9. The van der Waals surface area contributed by atoms with E-state index in [4.69, 9.17) is 4.74 Å². The van der Waals surface area contributed by atoms with E-state index in [-0.39, 0.29) is 12.3 Å². The molecule has 8 nitrogen and oxygen atoms in total. The number of carbonyl (C=O) groups is 3. The maximum Gasteiger partial charge on any atom is 0.356 e. The van der Waals surface area contributed by atoms with Gasteiger partial charge in [0.2, 0.25) is 5.91 Å². The molecule has 3 rings (SSSR count). The minimum absolute atomic E-state index is 0.0729. The molecule has 0 radical (unpaired) electrons. The molecule has 1 N–H and O–H groups in total. The van der Waals surface area contributed by atoms with Gasteiger partial charge in [0.1, 0.15) is 5.69 Å². The maximum atomic E-state index is 12.7. The fourth-order valence-corrected chi connectivity index (χ4v) is 2.66. The third kappa shape index (κ3) is 3.84. The van der Waals surface area contributed by atoms with Gasteiger partial charge < -0.3 is 10.1 Å². The summed E-state index contributed by atoms with van der Waals surface area (Å²) in [6.45, 7) is 3.54. The second kappa shape index (κ2) is 7.77. The van der Waals surface area contributed by atoms with Crippen LogP contribution in [0.15, 0.2) is 53.8 Å². The number of hydrogen-bond donors (Lipinski definition) is 1. The Morgan fingerprint density at radius 3 is 2.67 bits per heavy atom. The van der Waals surface area contributed by atoms with E-state index in [0.717, 1.165) is 0 Å². The lowest BCUT2D eigenvalue weighted by Gasteiger charge is -2.14. The number of hydrogen-bond acceptors (Lipinski definition) is 6. The Labute approximate surface area is 155 Å². The molecule has 2 amide bonds. The van der Waals surface area contributed by atoms with Crippen molar-refractivity contribution in [3.05, 3.63) is 54.4 Å². The molecule has 1 aliphatic rings. The van der Waals surface area contributed by atoms with Crippen molar-refractivity contribution in [1.29, 1.82) is 0 Å². The van der Waals surface area contributed by atoms with Crippen molar-refractivity contribution in [3.8, 4) is 0 Å². The number of hydrazone groups is 1. The normalized spacial score (nSPS) is 16.1. The lowest BCUT2D eigenvalue weighted by Crippen LogP contribution is -2.36. The molecule has 27 heavy (non-hydrogen) atoms. The van der Waals surface area contributed by atoms with Crippen LogP contribution in [0.5, 0.6) is 0 Å². The summed E-state index contributed by atoms with van der Waals surface area (Å²) in [6.07, 6.45) is 1.38. The topological polar surface area (TPSA) is 101 Å². The summed E-state index contributed by atoms with van der Waals surface area (Å²) in [5.41, 5.74) is 1.40. The number of rotatable bonds is 5. The van der Waals surface area contributed by atoms with E-state index in [1.807, 2.05) is 6.07 Å².